The maximum Gasteiger partial charge on any atom is 0.0553 e. The lowest BCUT2D eigenvalue weighted by Gasteiger charge is -2.32. The Morgan fingerprint density at radius 1 is 1.31 bits per heavy atom. The summed E-state index contributed by atoms with van der Waals surface area (Å²) in [6.45, 7) is 5.53. The molecule has 3 heteroatoms. The molecule has 1 saturated heterocycles. The van der Waals surface area contributed by atoms with Gasteiger partial charge >= 0.3 is 0 Å². The van der Waals surface area contributed by atoms with Crippen LogP contribution in [0, 0.1) is 5.92 Å². The Balaban J connectivity index is 2.17. The Labute approximate surface area is 95.3 Å². The molecule has 1 rings (SSSR count). The first-order chi connectivity index (χ1) is 6.22. The van der Waals surface area contributed by atoms with Crippen LogP contribution in [0.2, 0.25) is 0 Å². The van der Waals surface area contributed by atoms with Gasteiger partial charge in [0, 0.05) is 29.4 Å². The largest absolute Gasteiger partial charge is 0.376 e. The molecule has 0 aromatic carbocycles. The second-order valence-corrected chi connectivity index (χ2v) is 4.88. The second kappa shape index (κ2) is 6.19. The van der Waals surface area contributed by atoms with Gasteiger partial charge in [0.25, 0.3) is 0 Å². The van der Waals surface area contributed by atoms with Crippen molar-refractivity contribution in [3.8, 4) is 0 Å². The third kappa shape index (κ3) is 4.61. The van der Waals surface area contributed by atoms with Crippen LogP contribution in [0.4, 0.5) is 0 Å². The van der Waals surface area contributed by atoms with Crippen molar-refractivity contribution in [3.63, 3.8) is 0 Å². The number of ether oxygens (including phenoxy) is 1. The van der Waals surface area contributed by atoms with Crippen LogP contribution in [0.1, 0.15) is 39.5 Å². The smallest absolute Gasteiger partial charge is 0.0553 e. The van der Waals surface area contributed by atoms with Crippen LogP contribution in [0.3, 0.4) is 0 Å². The second-order valence-electron chi connectivity index (χ2n) is 4.12. The normalized spacial score (nSPS) is 34.8. The summed E-state index contributed by atoms with van der Waals surface area (Å²) in [6.07, 6.45) is 6.11. The Morgan fingerprint density at radius 2 is 1.92 bits per heavy atom. The Hall–Kier alpha value is 0.650. The van der Waals surface area contributed by atoms with Gasteiger partial charge in [-0.3, -0.25) is 3.53 Å². The molecule has 0 radical (unpaired) electrons. The van der Waals surface area contributed by atoms with Gasteiger partial charge in [-0.1, -0.05) is 0 Å². The Bertz CT molecular complexity index is 133. The van der Waals surface area contributed by atoms with Gasteiger partial charge < -0.3 is 4.74 Å². The molecule has 0 spiro atoms. The van der Waals surface area contributed by atoms with Crippen molar-refractivity contribution in [1.29, 1.82) is 0 Å². The fourth-order valence-corrected chi connectivity index (χ4v) is 2.62. The van der Waals surface area contributed by atoms with E-state index in [4.69, 9.17) is 4.74 Å². The molecule has 0 saturated carbocycles. The van der Waals surface area contributed by atoms with E-state index in [2.05, 4.69) is 40.2 Å². The molecule has 1 aliphatic rings. The summed E-state index contributed by atoms with van der Waals surface area (Å²) in [5.41, 5.74) is 0. The number of rotatable bonds is 4. The molecule has 0 aromatic heterocycles. The van der Waals surface area contributed by atoms with Gasteiger partial charge in [-0.05, 0) is 45.4 Å². The molecule has 0 amide bonds. The highest BCUT2D eigenvalue weighted by Gasteiger charge is 2.23. The van der Waals surface area contributed by atoms with E-state index in [-0.39, 0.29) is 0 Å². The first-order valence-corrected chi connectivity index (χ1v) is 6.29. The van der Waals surface area contributed by atoms with Gasteiger partial charge in [0.15, 0.2) is 0 Å². The van der Waals surface area contributed by atoms with Gasteiger partial charge in [0.1, 0.15) is 0 Å². The molecule has 1 aliphatic heterocycles. The minimum absolute atomic E-state index is 0.473. The van der Waals surface area contributed by atoms with Crippen molar-refractivity contribution in [2.75, 3.05) is 6.54 Å². The lowest BCUT2D eigenvalue weighted by molar-refractivity contribution is -0.0535. The maximum absolute atomic E-state index is 5.71. The van der Waals surface area contributed by atoms with Crippen LogP contribution in [-0.2, 0) is 4.74 Å². The fourth-order valence-electron chi connectivity index (χ4n) is 2.24. The zero-order chi connectivity index (χ0) is 9.68. The van der Waals surface area contributed by atoms with E-state index in [0.717, 1.165) is 12.5 Å². The first kappa shape index (κ1) is 11.7. The molecule has 0 aromatic rings. The molecule has 3 atom stereocenters. The van der Waals surface area contributed by atoms with Crippen molar-refractivity contribution in [3.05, 3.63) is 0 Å². The molecule has 0 aliphatic carbocycles. The van der Waals surface area contributed by atoms with Crippen molar-refractivity contribution in [2.45, 2.75) is 51.7 Å². The quantitative estimate of drug-likeness (QED) is 0.489. The molecule has 1 unspecified atom stereocenters. The lowest BCUT2D eigenvalue weighted by Crippen LogP contribution is -2.29. The average molecular weight is 297 g/mol. The predicted octanol–water partition coefficient (Wildman–Crippen LogP) is 2.91. The zero-order valence-electron chi connectivity index (χ0n) is 8.55. The van der Waals surface area contributed by atoms with Crippen LogP contribution in [-0.4, -0.2) is 18.8 Å². The highest BCUT2D eigenvalue weighted by Crippen LogP contribution is 2.27. The van der Waals surface area contributed by atoms with Gasteiger partial charge in [0.05, 0.1) is 12.2 Å². The average Bonchev–Trinajstić information content (AvgIpc) is 2.03. The first-order valence-electron chi connectivity index (χ1n) is 5.21. The summed E-state index contributed by atoms with van der Waals surface area (Å²) in [6, 6.07) is 0. The van der Waals surface area contributed by atoms with E-state index >= 15 is 0 Å². The topological polar surface area (TPSA) is 21.3 Å². The SMILES string of the molecule is C[C@@H]1CC(CCCNI)C[C@H](C)O1. The van der Waals surface area contributed by atoms with E-state index < -0.39 is 0 Å². The monoisotopic (exact) mass is 297 g/mol. The molecular weight excluding hydrogens is 277 g/mol. The van der Waals surface area contributed by atoms with Gasteiger partial charge in [0.2, 0.25) is 0 Å². The third-order valence-corrected chi connectivity index (χ3v) is 3.22. The number of halogens is 1. The Kier molecular flexibility index (Phi) is 5.58. The van der Waals surface area contributed by atoms with Crippen LogP contribution < -0.4 is 3.53 Å². The van der Waals surface area contributed by atoms with Crippen molar-refractivity contribution < 1.29 is 4.74 Å². The van der Waals surface area contributed by atoms with Crippen molar-refractivity contribution in [2.24, 2.45) is 5.92 Å². The number of hydrogen-bond donors (Lipinski definition) is 1. The zero-order valence-corrected chi connectivity index (χ0v) is 10.7. The third-order valence-electron chi connectivity index (χ3n) is 2.68. The van der Waals surface area contributed by atoms with Crippen LogP contribution in [0.25, 0.3) is 0 Å². The summed E-state index contributed by atoms with van der Waals surface area (Å²) in [5, 5.41) is 0. The van der Waals surface area contributed by atoms with E-state index in [1.165, 1.54) is 25.7 Å². The van der Waals surface area contributed by atoms with Gasteiger partial charge in [-0.2, -0.15) is 0 Å². The van der Waals surface area contributed by atoms with Crippen molar-refractivity contribution in [1.82, 2.24) is 3.53 Å². The summed E-state index contributed by atoms with van der Waals surface area (Å²) in [7, 11) is 0. The summed E-state index contributed by atoms with van der Waals surface area (Å²) >= 11 is 2.22. The van der Waals surface area contributed by atoms with E-state index in [9.17, 15) is 0 Å². The summed E-state index contributed by atoms with van der Waals surface area (Å²) in [5.74, 6) is 0.892. The van der Waals surface area contributed by atoms with Gasteiger partial charge in [-0.25, -0.2) is 0 Å². The van der Waals surface area contributed by atoms with Crippen LogP contribution in [0.15, 0.2) is 0 Å². The number of hydrogen-bond acceptors (Lipinski definition) is 2. The molecule has 1 heterocycles. The minimum Gasteiger partial charge on any atom is -0.376 e. The van der Waals surface area contributed by atoms with E-state index in [0.29, 0.717) is 12.2 Å². The fraction of sp³-hybridized carbons (Fsp3) is 1.00. The maximum atomic E-state index is 5.71. The molecule has 2 nitrogen and oxygen atoms in total. The highest BCUT2D eigenvalue weighted by molar-refractivity contribution is 14.1. The van der Waals surface area contributed by atoms with Gasteiger partial charge in [-0.15, -0.1) is 0 Å². The molecule has 78 valence electrons. The summed E-state index contributed by atoms with van der Waals surface area (Å²) in [4.78, 5) is 0. The standard InChI is InChI=1S/C10H20INO/c1-8-6-10(4-3-5-12-11)7-9(2)13-8/h8-10,12H,3-7H2,1-2H3/t8-,9+,10?. The van der Waals surface area contributed by atoms with Crippen LogP contribution >= 0.6 is 22.9 Å². The molecule has 1 N–H and O–H groups in total. The van der Waals surface area contributed by atoms with E-state index in [1.807, 2.05) is 0 Å². The minimum atomic E-state index is 0.473. The molecule has 0 bridgehead atoms. The predicted molar refractivity (Wildman–Crippen MR) is 64.0 cm³/mol. The van der Waals surface area contributed by atoms with Crippen LogP contribution in [0.5, 0.6) is 0 Å². The molecular formula is C10H20INO. The number of nitrogens with one attached hydrogen (secondary N) is 1. The summed E-state index contributed by atoms with van der Waals surface area (Å²) < 4.78 is 8.87. The highest BCUT2D eigenvalue weighted by atomic mass is 127. The van der Waals surface area contributed by atoms with E-state index in [1.54, 1.807) is 0 Å². The Morgan fingerprint density at radius 3 is 2.46 bits per heavy atom. The lowest BCUT2D eigenvalue weighted by atomic mass is 9.89. The molecule has 13 heavy (non-hydrogen) atoms. The van der Waals surface area contributed by atoms with Crippen molar-refractivity contribution >= 4 is 22.9 Å². The molecule has 1 fully saturated rings.